The van der Waals surface area contributed by atoms with Crippen LogP contribution in [0.3, 0.4) is 0 Å². The van der Waals surface area contributed by atoms with Crippen LogP contribution in [0, 0.1) is 17.3 Å². The minimum absolute atomic E-state index is 0.220. The number of carbonyl (C=O) groups is 1. The second kappa shape index (κ2) is 9.99. The molecule has 1 amide bonds. The summed E-state index contributed by atoms with van der Waals surface area (Å²) in [5.74, 6) is 2.44. The molecule has 3 rings (SSSR count). The highest BCUT2D eigenvalue weighted by atomic mass is 32.2. The van der Waals surface area contributed by atoms with Crippen LogP contribution >= 0.6 is 11.8 Å². The van der Waals surface area contributed by atoms with Crippen molar-refractivity contribution in [1.29, 1.82) is 0 Å². The van der Waals surface area contributed by atoms with Crippen molar-refractivity contribution in [1.82, 2.24) is 5.06 Å². The van der Waals surface area contributed by atoms with Crippen LogP contribution < -0.4 is 0 Å². The topological polar surface area (TPSA) is 49.8 Å². The van der Waals surface area contributed by atoms with E-state index in [1.54, 1.807) is 0 Å². The van der Waals surface area contributed by atoms with Crippen molar-refractivity contribution in [2.24, 2.45) is 17.3 Å². The molecule has 1 aliphatic carbocycles. The Hall–Kier alpha value is -0.520. The molecule has 0 radical (unpaired) electrons. The van der Waals surface area contributed by atoms with Crippen molar-refractivity contribution in [2.45, 2.75) is 95.5 Å². The maximum absolute atomic E-state index is 12.0. The first-order chi connectivity index (χ1) is 13.4. The molecule has 5 heteroatoms. The average Bonchev–Trinajstić information content (AvgIpc) is 3.28. The Kier molecular flexibility index (Phi) is 7.91. The van der Waals surface area contributed by atoms with Crippen LogP contribution in [0.2, 0.25) is 0 Å². The third-order valence-corrected chi connectivity index (χ3v) is 8.57. The van der Waals surface area contributed by atoms with Crippen molar-refractivity contribution >= 4 is 17.7 Å². The lowest BCUT2D eigenvalue weighted by Gasteiger charge is -2.29. The highest BCUT2D eigenvalue weighted by Gasteiger charge is 2.48. The normalized spacial score (nSPS) is 31.0. The number of thioether (sulfide) groups is 1. The van der Waals surface area contributed by atoms with E-state index in [0.29, 0.717) is 23.2 Å². The summed E-state index contributed by atoms with van der Waals surface area (Å²) in [7, 11) is 1.40. The van der Waals surface area contributed by atoms with Gasteiger partial charge in [-0.15, -0.1) is 0 Å². The molecule has 160 valence electrons. The first-order valence-corrected chi connectivity index (χ1v) is 12.3. The molecule has 0 unspecified atom stereocenters. The second-order valence-corrected chi connectivity index (χ2v) is 11.0. The van der Waals surface area contributed by atoms with Crippen LogP contribution in [0.5, 0.6) is 0 Å². The first-order valence-electron chi connectivity index (χ1n) is 11.3. The van der Waals surface area contributed by atoms with Gasteiger partial charge < -0.3 is 4.74 Å². The molecule has 4 atom stereocenters. The molecule has 0 aromatic rings. The van der Waals surface area contributed by atoms with Gasteiger partial charge in [-0.1, -0.05) is 45.3 Å². The maximum Gasteiger partial charge on any atom is 0.251 e. The Labute approximate surface area is 175 Å². The van der Waals surface area contributed by atoms with Crippen LogP contribution in [-0.4, -0.2) is 46.4 Å². The molecule has 2 heterocycles. The minimum atomic E-state index is -0.525. The standard InChI is InChI=1S/C23H39NO3S/c1-23(2,22(25)24(3)26)15-9-5-8-12-18-19(21-14-13-20(18)27-21)16-28-17-10-6-4-7-11-17/h5,8,17-21,26H,4,6-7,9-16H2,1-3H3/t18-,19+,20-,21+/m1/s1. The van der Waals surface area contributed by atoms with Crippen molar-refractivity contribution in [3.63, 3.8) is 0 Å². The molecule has 1 saturated carbocycles. The predicted molar refractivity (Wildman–Crippen MR) is 116 cm³/mol. The molecule has 1 N–H and O–H groups in total. The van der Waals surface area contributed by atoms with Crippen LogP contribution in [0.25, 0.3) is 0 Å². The van der Waals surface area contributed by atoms with Crippen LogP contribution in [0.15, 0.2) is 12.2 Å². The van der Waals surface area contributed by atoms with Gasteiger partial charge in [0.15, 0.2) is 0 Å². The molecule has 0 spiro atoms. The van der Waals surface area contributed by atoms with Gasteiger partial charge in [0, 0.05) is 17.7 Å². The first kappa shape index (κ1) is 22.2. The Morgan fingerprint density at radius 1 is 1.11 bits per heavy atom. The highest BCUT2D eigenvalue weighted by Crippen LogP contribution is 2.47. The Morgan fingerprint density at radius 2 is 1.79 bits per heavy atom. The summed E-state index contributed by atoms with van der Waals surface area (Å²) in [6.45, 7) is 3.80. The molecule has 2 bridgehead atoms. The molecule has 2 saturated heterocycles. The summed E-state index contributed by atoms with van der Waals surface area (Å²) in [4.78, 5) is 12.0. The van der Waals surface area contributed by atoms with Gasteiger partial charge in [0.1, 0.15) is 0 Å². The van der Waals surface area contributed by atoms with Gasteiger partial charge in [-0.25, -0.2) is 5.06 Å². The number of allylic oxidation sites excluding steroid dienone is 2. The lowest BCUT2D eigenvalue weighted by atomic mass is 9.78. The summed E-state index contributed by atoms with van der Waals surface area (Å²) >= 11 is 2.22. The SMILES string of the molecule is CN(O)C(=O)C(C)(C)CCC=CC[C@@H]1[C@H](CSC2CCCCC2)[C@@H]2CC[C@H]1O2. The van der Waals surface area contributed by atoms with E-state index in [0.717, 1.165) is 30.4 Å². The number of fused-ring (bicyclic) bond motifs is 2. The van der Waals surface area contributed by atoms with Gasteiger partial charge >= 0.3 is 0 Å². The third kappa shape index (κ3) is 5.54. The van der Waals surface area contributed by atoms with E-state index >= 15 is 0 Å². The Morgan fingerprint density at radius 3 is 2.46 bits per heavy atom. The number of nitrogens with zero attached hydrogens (tertiary/aromatic N) is 1. The quantitative estimate of drug-likeness (QED) is 0.313. The number of carbonyl (C=O) groups excluding carboxylic acids is 1. The van der Waals surface area contributed by atoms with Gasteiger partial charge in [-0.3, -0.25) is 10.0 Å². The van der Waals surface area contributed by atoms with Crippen molar-refractivity contribution in [3.8, 4) is 0 Å². The highest BCUT2D eigenvalue weighted by molar-refractivity contribution is 7.99. The molecule has 0 aromatic carbocycles. The molecular weight excluding hydrogens is 370 g/mol. The number of amides is 1. The Balaban J connectivity index is 1.44. The number of hydroxylamine groups is 2. The van der Waals surface area contributed by atoms with Gasteiger partial charge in [0.05, 0.1) is 12.2 Å². The lowest BCUT2D eigenvalue weighted by Crippen LogP contribution is -2.36. The van der Waals surface area contributed by atoms with Gasteiger partial charge in [-0.2, -0.15) is 11.8 Å². The van der Waals surface area contributed by atoms with E-state index in [9.17, 15) is 10.0 Å². The number of rotatable bonds is 9. The smallest absolute Gasteiger partial charge is 0.251 e. The third-order valence-electron chi connectivity index (χ3n) is 7.05. The van der Waals surface area contributed by atoms with Gasteiger partial charge in [-0.05, 0) is 62.5 Å². The van der Waals surface area contributed by atoms with Crippen molar-refractivity contribution in [3.05, 3.63) is 12.2 Å². The van der Waals surface area contributed by atoms with Gasteiger partial charge in [0.25, 0.3) is 5.91 Å². The summed E-state index contributed by atoms with van der Waals surface area (Å²) in [6.07, 6.45) is 17.8. The summed E-state index contributed by atoms with van der Waals surface area (Å²) in [5.41, 5.74) is -0.525. The van der Waals surface area contributed by atoms with Gasteiger partial charge in [0.2, 0.25) is 0 Å². The maximum atomic E-state index is 12.0. The zero-order valence-corrected chi connectivity index (χ0v) is 18.8. The van der Waals surface area contributed by atoms with Crippen molar-refractivity contribution < 1.29 is 14.7 Å². The summed E-state index contributed by atoms with van der Waals surface area (Å²) in [5, 5.41) is 11.0. The largest absolute Gasteiger partial charge is 0.374 e. The molecule has 0 aromatic heterocycles. The fraction of sp³-hybridized carbons (Fsp3) is 0.870. The van der Waals surface area contributed by atoms with Crippen LogP contribution in [0.4, 0.5) is 0 Å². The number of hydrogen-bond donors (Lipinski definition) is 1. The van der Waals surface area contributed by atoms with E-state index in [2.05, 4.69) is 23.9 Å². The summed E-state index contributed by atoms with van der Waals surface area (Å²) in [6, 6.07) is 0. The van der Waals surface area contributed by atoms with E-state index < -0.39 is 5.41 Å². The minimum Gasteiger partial charge on any atom is -0.374 e. The Bertz CT molecular complexity index is 542. The van der Waals surface area contributed by atoms with E-state index in [4.69, 9.17) is 4.74 Å². The average molecular weight is 410 g/mol. The fourth-order valence-electron chi connectivity index (χ4n) is 5.27. The predicted octanol–water partition coefficient (Wildman–Crippen LogP) is 5.45. The number of ether oxygens (including phenoxy) is 1. The lowest BCUT2D eigenvalue weighted by molar-refractivity contribution is -0.169. The van der Waals surface area contributed by atoms with Crippen LogP contribution in [-0.2, 0) is 9.53 Å². The summed E-state index contributed by atoms with van der Waals surface area (Å²) < 4.78 is 6.28. The number of hydrogen-bond acceptors (Lipinski definition) is 4. The van der Waals surface area contributed by atoms with Crippen LogP contribution in [0.1, 0.15) is 78.1 Å². The monoisotopic (exact) mass is 409 g/mol. The molecular formula is C23H39NO3S. The molecule has 4 nitrogen and oxygen atoms in total. The zero-order chi connectivity index (χ0) is 20.1. The second-order valence-electron chi connectivity index (χ2n) is 9.67. The van der Waals surface area contributed by atoms with E-state index in [1.807, 2.05) is 13.8 Å². The fourth-order valence-corrected chi connectivity index (χ4v) is 6.89. The zero-order valence-electron chi connectivity index (χ0n) is 17.9. The molecule has 2 aliphatic heterocycles. The van der Waals surface area contributed by atoms with Crippen molar-refractivity contribution in [2.75, 3.05) is 12.8 Å². The molecule has 3 fully saturated rings. The van der Waals surface area contributed by atoms with E-state index in [1.165, 1.54) is 57.7 Å². The van der Waals surface area contributed by atoms with E-state index in [-0.39, 0.29) is 5.91 Å². The molecule has 3 aliphatic rings. The molecule has 28 heavy (non-hydrogen) atoms.